The summed E-state index contributed by atoms with van der Waals surface area (Å²) in [7, 11) is 1.98. The maximum absolute atomic E-state index is 4.62. The van der Waals surface area contributed by atoms with Crippen molar-refractivity contribution in [3.05, 3.63) is 45.7 Å². The first-order valence-corrected chi connectivity index (χ1v) is 8.16. The van der Waals surface area contributed by atoms with E-state index in [0.29, 0.717) is 0 Å². The molecule has 114 valence electrons. The van der Waals surface area contributed by atoms with Crippen molar-refractivity contribution in [2.75, 3.05) is 5.32 Å². The van der Waals surface area contributed by atoms with Crippen molar-refractivity contribution in [3.63, 3.8) is 0 Å². The number of hydrogen-bond donors (Lipinski definition) is 1. The van der Waals surface area contributed by atoms with Gasteiger partial charge in [0, 0.05) is 40.9 Å². The third-order valence-electron chi connectivity index (χ3n) is 3.53. The zero-order chi connectivity index (χ0) is 15.6. The van der Waals surface area contributed by atoms with Crippen LogP contribution in [0.4, 0.5) is 5.69 Å². The highest BCUT2D eigenvalue weighted by Crippen LogP contribution is 2.26. The number of rotatable bonds is 4. The van der Waals surface area contributed by atoms with Gasteiger partial charge in [0.2, 0.25) is 0 Å². The SMILES string of the molecule is CCc1cc(Br)ccc1NCc1cn(C)nc1C(C)(C)C. The molecule has 0 bridgehead atoms. The zero-order valence-electron chi connectivity index (χ0n) is 13.5. The quantitative estimate of drug-likeness (QED) is 0.870. The molecule has 4 heteroatoms. The van der Waals surface area contributed by atoms with Gasteiger partial charge in [0.15, 0.2) is 0 Å². The van der Waals surface area contributed by atoms with E-state index in [1.54, 1.807) is 0 Å². The minimum atomic E-state index is 0.0611. The second-order valence-corrected chi connectivity index (χ2v) is 7.35. The molecule has 0 saturated heterocycles. The predicted molar refractivity (Wildman–Crippen MR) is 92.8 cm³/mol. The normalized spacial score (nSPS) is 11.7. The fourth-order valence-corrected chi connectivity index (χ4v) is 2.92. The third-order valence-corrected chi connectivity index (χ3v) is 4.03. The summed E-state index contributed by atoms with van der Waals surface area (Å²) in [6.45, 7) is 9.59. The minimum Gasteiger partial charge on any atom is -0.381 e. The standard InChI is InChI=1S/C17H24BrN3/c1-6-12-9-14(18)7-8-15(12)19-10-13-11-21(5)20-16(13)17(2,3)4/h7-9,11,19H,6,10H2,1-5H3. The highest BCUT2D eigenvalue weighted by Gasteiger charge is 2.21. The molecule has 0 saturated carbocycles. The topological polar surface area (TPSA) is 29.9 Å². The van der Waals surface area contributed by atoms with Gasteiger partial charge in [-0.3, -0.25) is 4.68 Å². The molecule has 0 atom stereocenters. The van der Waals surface area contributed by atoms with Gasteiger partial charge in [-0.15, -0.1) is 0 Å². The third kappa shape index (κ3) is 3.88. The first kappa shape index (κ1) is 16.1. The van der Waals surface area contributed by atoms with Crippen molar-refractivity contribution >= 4 is 21.6 Å². The molecular formula is C17H24BrN3. The monoisotopic (exact) mass is 349 g/mol. The van der Waals surface area contributed by atoms with E-state index in [-0.39, 0.29) is 5.41 Å². The highest BCUT2D eigenvalue weighted by atomic mass is 79.9. The van der Waals surface area contributed by atoms with Crippen LogP contribution in [0, 0.1) is 0 Å². The Morgan fingerprint density at radius 3 is 2.57 bits per heavy atom. The number of aromatic nitrogens is 2. The lowest BCUT2D eigenvalue weighted by atomic mass is 9.89. The lowest BCUT2D eigenvalue weighted by Gasteiger charge is -2.18. The molecule has 1 aromatic carbocycles. The molecule has 0 aliphatic carbocycles. The Bertz CT molecular complexity index is 623. The average Bonchev–Trinajstić information content (AvgIpc) is 2.78. The van der Waals surface area contributed by atoms with E-state index >= 15 is 0 Å². The molecule has 1 heterocycles. The number of benzene rings is 1. The number of nitrogens with one attached hydrogen (secondary N) is 1. The van der Waals surface area contributed by atoms with Crippen molar-refractivity contribution in [1.82, 2.24) is 9.78 Å². The van der Waals surface area contributed by atoms with Crippen molar-refractivity contribution in [3.8, 4) is 0 Å². The molecule has 0 spiro atoms. The summed E-state index contributed by atoms with van der Waals surface area (Å²) in [5.74, 6) is 0. The van der Waals surface area contributed by atoms with Gasteiger partial charge in [0.1, 0.15) is 0 Å². The maximum atomic E-state index is 4.62. The highest BCUT2D eigenvalue weighted by molar-refractivity contribution is 9.10. The van der Waals surface area contributed by atoms with E-state index in [9.17, 15) is 0 Å². The van der Waals surface area contributed by atoms with Crippen molar-refractivity contribution in [2.45, 2.75) is 46.1 Å². The van der Waals surface area contributed by atoms with E-state index in [0.717, 1.165) is 23.1 Å². The predicted octanol–water partition coefficient (Wildman–Crippen LogP) is 4.65. The van der Waals surface area contributed by atoms with Crippen LogP contribution in [0.5, 0.6) is 0 Å². The van der Waals surface area contributed by atoms with Crippen LogP contribution in [0.1, 0.15) is 44.5 Å². The minimum absolute atomic E-state index is 0.0611. The van der Waals surface area contributed by atoms with Gasteiger partial charge >= 0.3 is 0 Å². The van der Waals surface area contributed by atoms with Gasteiger partial charge in [-0.1, -0.05) is 43.6 Å². The zero-order valence-corrected chi connectivity index (χ0v) is 15.1. The van der Waals surface area contributed by atoms with Crippen molar-refractivity contribution in [2.24, 2.45) is 7.05 Å². The number of aryl methyl sites for hydroxylation is 2. The van der Waals surface area contributed by atoms with Crippen LogP contribution in [0.25, 0.3) is 0 Å². The van der Waals surface area contributed by atoms with Gasteiger partial charge in [0.25, 0.3) is 0 Å². The molecule has 3 nitrogen and oxygen atoms in total. The first-order valence-electron chi connectivity index (χ1n) is 7.36. The largest absolute Gasteiger partial charge is 0.381 e. The fraction of sp³-hybridized carbons (Fsp3) is 0.471. The molecule has 2 rings (SSSR count). The molecule has 0 fully saturated rings. The Morgan fingerprint density at radius 1 is 1.24 bits per heavy atom. The molecule has 0 unspecified atom stereocenters. The van der Waals surface area contributed by atoms with E-state index < -0.39 is 0 Å². The molecule has 0 aliphatic heterocycles. The Kier molecular flexibility index (Phi) is 4.77. The van der Waals surface area contributed by atoms with Crippen LogP contribution in [0.15, 0.2) is 28.9 Å². The van der Waals surface area contributed by atoms with Crippen LogP contribution in [-0.4, -0.2) is 9.78 Å². The van der Waals surface area contributed by atoms with Crippen LogP contribution in [0.2, 0.25) is 0 Å². The molecule has 2 aromatic rings. The van der Waals surface area contributed by atoms with E-state index in [1.165, 1.54) is 16.8 Å². The second-order valence-electron chi connectivity index (χ2n) is 6.44. The molecule has 0 amide bonds. The van der Waals surface area contributed by atoms with Crippen LogP contribution in [-0.2, 0) is 25.4 Å². The number of halogens is 1. The molecule has 1 aromatic heterocycles. The summed E-state index contributed by atoms with van der Waals surface area (Å²) in [6.07, 6.45) is 3.12. The summed E-state index contributed by atoms with van der Waals surface area (Å²) in [5.41, 5.74) is 5.00. The first-order chi connectivity index (χ1) is 9.81. The van der Waals surface area contributed by atoms with Gasteiger partial charge in [-0.2, -0.15) is 5.10 Å². The van der Waals surface area contributed by atoms with E-state index in [2.05, 4.69) is 78.4 Å². The van der Waals surface area contributed by atoms with Crippen molar-refractivity contribution < 1.29 is 0 Å². The Balaban J connectivity index is 2.21. The van der Waals surface area contributed by atoms with Gasteiger partial charge in [-0.05, 0) is 30.2 Å². The number of nitrogens with zero attached hydrogens (tertiary/aromatic N) is 2. The Hall–Kier alpha value is -1.29. The van der Waals surface area contributed by atoms with Crippen LogP contribution in [0.3, 0.4) is 0 Å². The Labute approximate surface area is 135 Å². The van der Waals surface area contributed by atoms with Gasteiger partial charge in [0.05, 0.1) is 5.69 Å². The number of anilines is 1. The molecule has 21 heavy (non-hydrogen) atoms. The molecule has 0 aliphatic rings. The lowest BCUT2D eigenvalue weighted by molar-refractivity contribution is 0.549. The average molecular weight is 350 g/mol. The summed E-state index contributed by atoms with van der Waals surface area (Å²) in [5, 5.41) is 8.18. The summed E-state index contributed by atoms with van der Waals surface area (Å²) >= 11 is 3.53. The van der Waals surface area contributed by atoms with E-state index in [1.807, 2.05) is 11.7 Å². The van der Waals surface area contributed by atoms with Crippen molar-refractivity contribution in [1.29, 1.82) is 0 Å². The summed E-state index contributed by atoms with van der Waals surface area (Å²) < 4.78 is 3.03. The van der Waals surface area contributed by atoms with Crippen LogP contribution >= 0.6 is 15.9 Å². The molecule has 1 N–H and O–H groups in total. The van der Waals surface area contributed by atoms with Gasteiger partial charge in [-0.25, -0.2) is 0 Å². The smallest absolute Gasteiger partial charge is 0.0727 e. The summed E-state index contributed by atoms with van der Waals surface area (Å²) in [6, 6.07) is 6.39. The summed E-state index contributed by atoms with van der Waals surface area (Å²) in [4.78, 5) is 0. The van der Waals surface area contributed by atoms with Gasteiger partial charge < -0.3 is 5.32 Å². The molecular weight excluding hydrogens is 326 g/mol. The lowest BCUT2D eigenvalue weighted by Crippen LogP contribution is -2.16. The fourth-order valence-electron chi connectivity index (χ4n) is 2.52. The van der Waals surface area contributed by atoms with Crippen LogP contribution < -0.4 is 5.32 Å². The Morgan fingerprint density at radius 2 is 1.95 bits per heavy atom. The van der Waals surface area contributed by atoms with E-state index in [4.69, 9.17) is 0 Å². The second kappa shape index (κ2) is 6.22. The number of hydrogen-bond acceptors (Lipinski definition) is 2. The molecule has 0 radical (unpaired) electrons. The maximum Gasteiger partial charge on any atom is 0.0727 e.